The van der Waals surface area contributed by atoms with E-state index < -0.39 is 0 Å². The van der Waals surface area contributed by atoms with Gasteiger partial charge in [-0.2, -0.15) is 0 Å². The minimum absolute atomic E-state index is 0. The smallest absolute Gasteiger partial charge is 1.00 e. The van der Waals surface area contributed by atoms with Crippen molar-refractivity contribution in [3.8, 4) is 5.75 Å². The minimum Gasteiger partial charge on any atom is -1.00 e. The number of aromatic nitrogens is 3. The van der Waals surface area contributed by atoms with Crippen molar-refractivity contribution in [2.45, 2.75) is 0 Å². The second kappa shape index (κ2) is 5.60. The molecule has 0 aliphatic carbocycles. The van der Waals surface area contributed by atoms with E-state index in [0.717, 1.165) is 6.20 Å². The summed E-state index contributed by atoms with van der Waals surface area (Å²) in [5.74, 6) is -0.329. The molecule has 2 rings (SSSR count). The molecule has 0 N–H and O–H groups in total. The van der Waals surface area contributed by atoms with Gasteiger partial charge < -0.3 is 9.81 Å². The molecule has 2 heterocycles. The normalized spacial score (nSPS) is 8.93. The Labute approximate surface area is 114 Å². The zero-order valence-electron chi connectivity index (χ0n) is 6.94. The fraction of sp³-hybridized carbons (Fsp3) is 0. The molecule has 0 aliphatic heterocycles. The minimum atomic E-state index is -0.329. The van der Waals surface area contributed by atoms with Gasteiger partial charge in [-0.15, -0.1) is 0 Å². The third-order valence-corrected chi connectivity index (χ3v) is 1.77. The maximum Gasteiger partial charge on any atom is 2.00 e. The fourth-order valence-electron chi connectivity index (χ4n) is 0.873. The van der Waals surface area contributed by atoms with Crippen LogP contribution in [0.25, 0.3) is 11.2 Å². The number of pyridine rings is 1. The van der Waals surface area contributed by atoms with Crippen molar-refractivity contribution in [2.24, 2.45) is 0 Å². The van der Waals surface area contributed by atoms with Crippen molar-refractivity contribution in [3.63, 3.8) is 0 Å². The van der Waals surface area contributed by atoms with Crippen molar-refractivity contribution in [2.75, 3.05) is 0 Å². The third kappa shape index (κ3) is 2.42. The summed E-state index contributed by atoms with van der Waals surface area (Å²) in [4.78, 5) is 11.5. The molecule has 7 heteroatoms. The van der Waals surface area contributed by atoms with E-state index in [2.05, 4.69) is 15.0 Å². The summed E-state index contributed by atoms with van der Waals surface area (Å²) in [6, 6.07) is 0. The quantitative estimate of drug-likeness (QED) is 0.472. The number of fused-ring (bicyclic) bond motifs is 1. The first-order valence-electron chi connectivity index (χ1n) is 3.21. The van der Waals surface area contributed by atoms with Crippen LogP contribution in [-0.4, -0.2) is 52.7 Å². The Morgan fingerprint density at radius 3 is 2.50 bits per heavy atom. The predicted molar refractivity (Wildman–Crippen MR) is 47.5 cm³/mol. The Kier molecular flexibility index (Phi) is 5.51. The van der Waals surface area contributed by atoms with E-state index in [-0.39, 0.29) is 53.2 Å². The van der Waals surface area contributed by atoms with Crippen LogP contribution in [0.15, 0.2) is 18.6 Å². The number of hydrogen-bond donors (Lipinski definition) is 0. The van der Waals surface area contributed by atoms with Crippen LogP contribution in [0.2, 0.25) is 5.02 Å². The number of hydrogen-bond acceptors (Lipinski definition) is 4. The predicted octanol–water partition coefficient (Wildman–Crippen LogP) is -2.62. The molecule has 14 heavy (non-hydrogen) atoms. The zero-order chi connectivity index (χ0) is 8.55. The summed E-state index contributed by atoms with van der Waals surface area (Å²) in [7, 11) is 0. The molecule has 0 radical (unpaired) electrons. The van der Waals surface area contributed by atoms with Crippen LogP contribution in [0, 0.1) is 0 Å². The van der Waals surface area contributed by atoms with Gasteiger partial charge in [0.15, 0.2) is 5.65 Å². The van der Waals surface area contributed by atoms with Gasteiger partial charge in [0, 0.05) is 18.6 Å². The Morgan fingerprint density at radius 1 is 1.14 bits per heavy atom. The van der Waals surface area contributed by atoms with Gasteiger partial charge >= 0.3 is 37.7 Å². The topological polar surface area (TPSA) is 61.7 Å². The molecule has 0 atom stereocenters. The van der Waals surface area contributed by atoms with Crippen LogP contribution in [-0.2, 0) is 0 Å². The van der Waals surface area contributed by atoms with Gasteiger partial charge in [-0.1, -0.05) is 17.4 Å². The molecule has 0 amide bonds. The first-order valence-corrected chi connectivity index (χ1v) is 3.59. The zero-order valence-corrected chi connectivity index (χ0v) is 9.91. The van der Waals surface area contributed by atoms with Gasteiger partial charge in [-0.25, -0.2) is 15.0 Å². The summed E-state index contributed by atoms with van der Waals surface area (Å²) < 4.78 is 0. The monoisotopic (exact) mass is 239 g/mol. The van der Waals surface area contributed by atoms with Crippen LogP contribution >= 0.6 is 11.6 Å². The van der Waals surface area contributed by atoms with Crippen molar-refractivity contribution in [1.82, 2.24) is 15.0 Å². The second-order valence-corrected chi connectivity index (χ2v) is 2.54. The average molecular weight is 240 g/mol. The Balaban J connectivity index is 0.000000845. The standard InChI is InChI=1S/C7H4ClN3O.Ca.FH/c8-5-4(12)3-11-7-6(5)9-1-2-10-7;;/h1-3,12H;;1H/q;+2;/p-2. The SMILES string of the molecule is [Ca+2].[F-].[O-]c1cnc2nccnc2c1Cl. The van der Waals surface area contributed by atoms with E-state index in [9.17, 15) is 5.11 Å². The third-order valence-electron chi connectivity index (χ3n) is 1.41. The van der Waals surface area contributed by atoms with Crippen molar-refractivity contribution in [3.05, 3.63) is 23.6 Å². The largest absolute Gasteiger partial charge is 2.00 e. The molecule has 0 fully saturated rings. The summed E-state index contributed by atoms with van der Waals surface area (Å²) >= 11 is 5.67. The van der Waals surface area contributed by atoms with Gasteiger partial charge in [-0.3, -0.25) is 0 Å². The van der Waals surface area contributed by atoms with Crippen molar-refractivity contribution >= 4 is 60.5 Å². The van der Waals surface area contributed by atoms with E-state index in [0.29, 0.717) is 11.2 Å². The molecular formula is C7H3CaClFN3O. The van der Waals surface area contributed by atoms with Crippen LogP contribution in [0.1, 0.15) is 0 Å². The number of nitrogens with zero attached hydrogens (tertiary/aromatic N) is 3. The van der Waals surface area contributed by atoms with E-state index in [1.807, 2.05) is 0 Å². The summed E-state index contributed by atoms with van der Waals surface area (Å²) in [6.45, 7) is 0. The maximum absolute atomic E-state index is 11.0. The first-order chi connectivity index (χ1) is 5.79. The summed E-state index contributed by atoms with van der Waals surface area (Å²) in [5, 5.41) is 11.0. The van der Waals surface area contributed by atoms with Gasteiger partial charge in [0.1, 0.15) is 5.52 Å². The maximum atomic E-state index is 11.0. The van der Waals surface area contributed by atoms with Crippen LogP contribution in [0.3, 0.4) is 0 Å². The van der Waals surface area contributed by atoms with E-state index >= 15 is 0 Å². The van der Waals surface area contributed by atoms with Gasteiger partial charge in [0.05, 0.1) is 5.02 Å². The molecule has 4 nitrogen and oxygen atoms in total. The van der Waals surface area contributed by atoms with Crippen molar-refractivity contribution < 1.29 is 9.81 Å². The van der Waals surface area contributed by atoms with Crippen molar-refractivity contribution in [1.29, 1.82) is 0 Å². The summed E-state index contributed by atoms with van der Waals surface area (Å²) in [6.07, 6.45) is 4.10. The molecule has 0 spiro atoms. The van der Waals surface area contributed by atoms with Crippen LogP contribution in [0.5, 0.6) is 5.75 Å². The van der Waals surface area contributed by atoms with E-state index in [1.165, 1.54) is 12.4 Å². The Hall–Kier alpha value is -0.230. The molecular weight excluding hydrogens is 237 g/mol. The van der Waals surface area contributed by atoms with E-state index in [4.69, 9.17) is 11.6 Å². The molecule has 0 saturated carbocycles. The Bertz CT molecular complexity index is 442. The average Bonchev–Trinajstić information content (AvgIpc) is 2.12. The van der Waals surface area contributed by atoms with Crippen LogP contribution in [0.4, 0.5) is 0 Å². The fourth-order valence-corrected chi connectivity index (χ4v) is 1.06. The molecule has 2 aromatic heterocycles. The molecule has 0 aromatic carbocycles. The number of halogens is 2. The molecule has 2 aromatic rings. The summed E-state index contributed by atoms with van der Waals surface area (Å²) in [5.41, 5.74) is 0.744. The molecule has 0 bridgehead atoms. The first kappa shape index (κ1) is 13.8. The van der Waals surface area contributed by atoms with Crippen LogP contribution < -0.4 is 9.81 Å². The number of rotatable bonds is 0. The second-order valence-electron chi connectivity index (χ2n) is 2.16. The van der Waals surface area contributed by atoms with Gasteiger partial charge in [0.2, 0.25) is 0 Å². The molecule has 0 saturated heterocycles. The van der Waals surface area contributed by atoms with Gasteiger partial charge in [-0.05, 0) is 0 Å². The molecule has 68 valence electrons. The van der Waals surface area contributed by atoms with Gasteiger partial charge in [0.25, 0.3) is 0 Å². The molecule has 0 unspecified atom stereocenters. The molecule has 0 aliphatic rings. The Morgan fingerprint density at radius 2 is 1.79 bits per heavy atom. The van der Waals surface area contributed by atoms with E-state index in [1.54, 1.807) is 0 Å².